The lowest BCUT2D eigenvalue weighted by molar-refractivity contribution is 0.268. The van der Waals surface area contributed by atoms with Crippen LogP contribution in [0.4, 0.5) is 0 Å². The molecule has 0 unspecified atom stereocenters. The molecule has 0 amide bonds. The number of hydrogen-bond donors (Lipinski definition) is 1. The van der Waals surface area contributed by atoms with Crippen molar-refractivity contribution in [3.8, 4) is 11.5 Å². The minimum absolute atomic E-state index is 0.479. The summed E-state index contributed by atoms with van der Waals surface area (Å²) in [4.78, 5) is 8.66. The molecular weight excluding hydrogens is 228 g/mol. The Balaban J connectivity index is 2.40. The van der Waals surface area contributed by atoms with Crippen LogP contribution in [0.1, 0.15) is 38.1 Å². The summed E-state index contributed by atoms with van der Waals surface area (Å²) < 4.78 is 5.29. The molecule has 0 bridgehead atoms. The van der Waals surface area contributed by atoms with Gasteiger partial charge in [-0.05, 0) is 31.4 Å². The Kier molecular flexibility index (Phi) is 3.43. The number of aromatic nitrogens is 3. The molecule has 2 aromatic rings. The van der Waals surface area contributed by atoms with Gasteiger partial charge in [-0.3, -0.25) is 4.98 Å². The molecule has 0 saturated heterocycles. The van der Waals surface area contributed by atoms with Gasteiger partial charge < -0.3 is 10.3 Å². The Labute approximate surface area is 106 Å². The van der Waals surface area contributed by atoms with Crippen LogP contribution in [0.5, 0.6) is 0 Å². The van der Waals surface area contributed by atoms with Gasteiger partial charge in [0.2, 0.25) is 11.7 Å². The molecule has 5 nitrogen and oxygen atoms in total. The zero-order valence-electron chi connectivity index (χ0n) is 11.0. The first-order valence-electron chi connectivity index (χ1n) is 6.15. The van der Waals surface area contributed by atoms with Crippen LogP contribution in [0.2, 0.25) is 0 Å². The second-order valence-corrected chi connectivity index (χ2v) is 4.46. The Morgan fingerprint density at radius 3 is 2.67 bits per heavy atom. The fourth-order valence-electron chi connectivity index (χ4n) is 1.79. The molecule has 0 spiro atoms. The van der Waals surface area contributed by atoms with E-state index in [2.05, 4.69) is 15.1 Å². The van der Waals surface area contributed by atoms with Crippen LogP contribution < -0.4 is 5.73 Å². The third-order valence-corrected chi connectivity index (χ3v) is 3.34. The summed E-state index contributed by atoms with van der Waals surface area (Å²) >= 11 is 0. The molecule has 0 saturated carbocycles. The monoisotopic (exact) mass is 246 g/mol. The first-order valence-corrected chi connectivity index (χ1v) is 6.15. The third-order valence-electron chi connectivity index (χ3n) is 3.34. The van der Waals surface area contributed by atoms with Crippen LogP contribution in [-0.4, -0.2) is 15.1 Å². The molecule has 0 aliphatic carbocycles. The maximum atomic E-state index is 6.23. The number of rotatable bonds is 4. The average Bonchev–Trinajstić information content (AvgIpc) is 2.88. The predicted molar refractivity (Wildman–Crippen MR) is 68.7 cm³/mol. The number of nitrogens with two attached hydrogens (primary N) is 1. The van der Waals surface area contributed by atoms with Gasteiger partial charge >= 0.3 is 0 Å². The lowest BCUT2D eigenvalue weighted by atomic mass is 9.94. The highest BCUT2D eigenvalue weighted by atomic mass is 16.5. The van der Waals surface area contributed by atoms with E-state index in [9.17, 15) is 0 Å². The third kappa shape index (κ3) is 2.13. The molecular formula is C13H18N4O. The standard InChI is InChI=1S/C13H18N4O/c1-4-13(14,5-2)12-16-11(17-18-12)10-9(3)7-6-8-15-10/h6-8H,4-5,14H2,1-3H3. The largest absolute Gasteiger partial charge is 0.337 e. The molecule has 0 aliphatic rings. The van der Waals surface area contributed by atoms with Crippen molar-refractivity contribution in [2.75, 3.05) is 0 Å². The van der Waals surface area contributed by atoms with Crippen LogP contribution in [0.25, 0.3) is 11.5 Å². The zero-order valence-corrected chi connectivity index (χ0v) is 11.0. The van der Waals surface area contributed by atoms with Gasteiger partial charge in [0.25, 0.3) is 0 Å². The lowest BCUT2D eigenvalue weighted by Crippen LogP contribution is -2.35. The first-order chi connectivity index (χ1) is 8.60. The van der Waals surface area contributed by atoms with Crippen molar-refractivity contribution < 1.29 is 4.52 Å². The van der Waals surface area contributed by atoms with Crippen molar-refractivity contribution in [1.82, 2.24) is 15.1 Å². The van der Waals surface area contributed by atoms with E-state index in [1.54, 1.807) is 6.20 Å². The Morgan fingerprint density at radius 1 is 1.33 bits per heavy atom. The molecule has 0 atom stereocenters. The molecule has 0 radical (unpaired) electrons. The van der Waals surface area contributed by atoms with Gasteiger partial charge in [0, 0.05) is 6.20 Å². The van der Waals surface area contributed by atoms with Crippen molar-refractivity contribution in [2.24, 2.45) is 5.73 Å². The Bertz CT molecular complexity index is 531. The van der Waals surface area contributed by atoms with Gasteiger partial charge in [-0.2, -0.15) is 4.98 Å². The van der Waals surface area contributed by atoms with Gasteiger partial charge in [0.15, 0.2) is 0 Å². The summed E-state index contributed by atoms with van der Waals surface area (Å²) in [5, 5.41) is 3.98. The van der Waals surface area contributed by atoms with Crippen LogP contribution >= 0.6 is 0 Å². The van der Waals surface area contributed by atoms with Crippen molar-refractivity contribution in [3.63, 3.8) is 0 Å². The molecule has 2 N–H and O–H groups in total. The Morgan fingerprint density at radius 2 is 2.06 bits per heavy atom. The minimum atomic E-state index is -0.548. The molecule has 0 aromatic carbocycles. The Hall–Kier alpha value is -1.75. The van der Waals surface area contributed by atoms with E-state index in [4.69, 9.17) is 10.3 Å². The number of hydrogen-bond acceptors (Lipinski definition) is 5. The molecule has 0 aliphatic heterocycles. The highest BCUT2D eigenvalue weighted by molar-refractivity contribution is 5.53. The van der Waals surface area contributed by atoms with E-state index in [1.165, 1.54) is 0 Å². The topological polar surface area (TPSA) is 77.8 Å². The molecule has 2 heterocycles. The summed E-state index contributed by atoms with van der Waals surface area (Å²) in [5.41, 5.74) is 7.44. The van der Waals surface area contributed by atoms with E-state index in [1.807, 2.05) is 32.9 Å². The second kappa shape index (κ2) is 4.86. The quantitative estimate of drug-likeness (QED) is 0.896. The van der Waals surface area contributed by atoms with E-state index < -0.39 is 5.54 Å². The molecule has 5 heteroatoms. The maximum absolute atomic E-state index is 6.23. The van der Waals surface area contributed by atoms with E-state index in [-0.39, 0.29) is 0 Å². The summed E-state index contributed by atoms with van der Waals surface area (Å²) in [6, 6.07) is 3.85. The van der Waals surface area contributed by atoms with Crippen molar-refractivity contribution >= 4 is 0 Å². The van der Waals surface area contributed by atoms with Crippen LogP contribution in [0.15, 0.2) is 22.9 Å². The molecule has 2 rings (SSSR count). The molecule has 96 valence electrons. The fourth-order valence-corrected chi connectivity index (χ4v) is 1.79. The van der Waals surface area contributed by atoms with Crippen molar-refractivity contribution in [3.05, 3.63) is 29.8 Å². The molecule has 18 heavy (non-hydrogen) atoms. The van der Waals surface area contributed by atoms with Gasteiger partial charge in [-0.25, -0.2) is 0 Å². The van der Waals surface area contributed by atoms with E-state index in [0.29, 0.717) is 11.7 Å². The van der Waals surface area contributed by atoms with Gasteiger partial charge in [0.05, 0.1) is 5.54 Å². The SMILES string of the molecule is CCC(N)(CC)c1nc(-c2ncccc2C)no1. The second-order valence-electron chi connectivity index (χ2n) is 4.46. The van der Waals surface area contributed by atoms with Crippen molar-refractivity contribution in [2.45, 2.75) is 39.2 Å². The molecule has 0 fully saturated rings. The summed E-state index contributed by atoms with van der Waals surface area (Å²) in [7, 11) is 0. The van der Waals surface area contributed by atoms with Gasteiger partial charge in [-0.1, -0.05) is 25.1 Å². The summed E-state index contributed by atoms with van der Waals surface area (Å²) in [6.07, 6.45) is 3.23. The smallest absolute Gasteiger partial charge is 0.247 e. The number of aryl methyl sites for hydroxylation is 1. The van der Waals surface area contributed by atoms with Gasteiger partial charge in [0.1, 0.15) is 5.69 Å². The minimum Gasteiger partial charge on any atom is -0.337 e. The van der Waals surface area contributed by atoms with E-state index >= 15 is 0 Å². The molecule has 2 aromatic heterocycles. The summed E-state index contributed by atoms with van der Waals surface area (Å²) in [6.45, 7) is 5.99. The fraction of sp³-hybridized carbons (Fsp3) is 0.462. The average molecular weight is 246 g/mol. The zero-order chi connectivity index (χ0) is 13.2. The number of nitrogens with zero attached hydrogens (tertiary/aromatic N) is 3. The summed E-state index contributed by atoms with van der Waals surface area (Å²) in [5.74, 6) is 0.979. The number of pyridine rings is 1. The highest BCUT2D eigenvalue weighted by Gasteiger charge is 2.30. The van der Waals surface area contributed by atoms with Crippen molar-refractivity contribution in [1.29, 1.82) is 0 Å². The lowest BCUT2D eigenvalue weighted by Gasteiger charge is -2.20. The highest BCUT2D eigenvalue weighted by Crippen LogP contribution is 2.26. The van der Waals surface area contributed by atoms with Gasteiger partial charge in [-0.15, -0.1) is 0 Å². The normalized spacial score (nSPS) is 11.8. The predicted octanol–water partition coefficient (Wildman–Crippen LogP) is 2.41. The first kappa shape index (κ1) is 12.7. The van der Waals surface area contributed by atoms with Crippen LogP contribution in [0.3, 0.4) is 0 Å². The van der Waals surface area contributed by atoms with Crippen LogP contribution in [0, 0.1) is 6.92 Å². The van der Waals surface area contributed by atoms with Crippen LogP contribution in [-0.2, 0) is 5.54 Å². The van der Waals surface area contributed by atoms with E-state index in [0.717, 1.165) is 24.1 Å². The maximum Gasteiger partial charge on any atom is 0.247 e.